The van der Waals surface area contributed by atoms with Gasteiger partial charge in [0.2, 0.25) is 5.88 Å². The van der Waals surface area contributed by atoms with Crippen LogP contribution < -0.4 is 10.5 Å². The fraction of sp³-hybridized carbons (Fsp3) is 0. The number of nitrogen functional groups attached to an aromatic ring is 1. The fourth-order valence-electron chi connectivity index (χ4n) is 1.80. The Bertz CT molecular complexity index is 746. The van der Waals surface area contributed by atoms with E-state index in [1.165, 1.54) is 0 Å². The molecule has 94 valence electrons. The molecular weight excluding hydrogens is 262 g/mol. The number of benzene rings is 1. The number of rotatable bonds is 2. The second kappa shape index (κ2) is 4.74. The highest BCUT2D eigenvalue weighted by molar-refractivity contribution is 6.31. The number of nitrogens with zero attached hydrogens (tertiary/aromatic N) is 2. The smallest absolute Gasteiger partial charge is 0.238 e. The molecule has 0 aliphatic heterocycles. The van der Waals surface area contributed by atoms with E-state index >= 15 is 0 Å². The summed E-state index contributed by atoms with van der Waals surface area (Å²) in [6.45, 7) is 0. The van der Waals surface area contributed by atoms with Crippen molar-refractivity contribution in [3.63, 3.8) is 0 Å². The summed E-state index contributed by atoms with van der Waals surface area (Å²) in [5.41, 5.74) is 7.25. The third-order valence-electron chi connectivity index (χ3n) is 2.70. The van der Waals surface area contributed by atoms with Crippen LogP contribution in [0.15, 0.2) is 48.8 Å². The molecule has 0 saturated carbocycles. The van der Waals surface area contributed by atoms with Gasteiger partial charge in [0.25, 0.3) is 0 Å². The molecule has 3 rings (SSSR count). The minimum absolute atomic E-state index is 0.348. The Morgan fingerprint density at radius 3 is 2.63 bits per heavy atom. The molecule has 0 saturated heterocycles. The predicted octanol–water partition coefficient (Wildman–Crippen LogP) is 3.66. The van der Waals surface area contributed by atoms with Gasteiger partial charge in [-0.25, -0.2) is 4.98 Å². The van der Waals surface area contributed by atoms with Crippen LogP contribution in [-0.2, 0) is 0 Å². The lowest BCUT2D eigenvalue weighted by molar-refractivity contribution is 0.467. The maximum atomic E-state index is 6.02. The van der Waals surface area contributed by atoms with E-state index in [1.807, 2.05) is 12.1 Å². The molecule has 3 aromatic rings. The summed E-state index contributed by atoms with van der Waals surface area (Å²) in [6.07, 6.45) is 3.31. The van der Waals surface area contributed by atoms with E-state index in [1.54, 1.807) is 36.7 Å². The van der Waals surface area contributed by atoms with E-state index < -0.39 is 0 Å². The average Bonchev–Trinajstić information content (AvgIpc) is 2.44. The summed E-state index contributed by atoms with van der Waals surface area (Å²) < 4.78 is 5.72. The van der Waals surface area contributed by atoms with Gasteiger partial charge in [-0.15, -0.1) is 0 Å². The number of pyridine rings is 2. The third kappa shape index (κ3) is 2.18. The summed E-state index contributed by atoms with van der Waals surface area (Å²) >= 11 is 6.02. The summed E-state index contributed by atoms with van der Waals surface area (Å²) in [7, 11) is 0. The number of fused-ring (bicyclic) bond motifs is 1. The number of halogens is 1. The molecule has 2 heterocycles. The van der Waals surface area contributed by atoms with E-state index in [0.717, 1.165) is 5.39 Å². The average molecular weight is 272 g/mol. The molecule has 0 radical (unpaired) electrons. The largest absolute Gasteiger partial charge is 0.435 e. The lowest BCUT2D eigenvalue weighted by atomic mass is 10.2. The molecule has 2 N–H and O–H groups in total. The zero-order valence-electron chi connectivity index (χ0n) is 9.88. The molecule has 4 nitrogen and oxygen atoms in total. The molecule has 0 atom stereocenters. The fourth-order valence-corrected chi connectivity index (χ4v) is 1.96. The Hall–Kier alpha value is -2.33. The summed E-state index contributed by atoms with van der Waals surface area (Å²) in [5, 5.41) is 1.29. The first-order chi connectivity index (χ1) is 9.25. The van der Waals surface area contributed by atoms with Crippen molar-refractivity contribution in [2.45, 2.75) is 0 Å². The van der Waals surface area contributed by atoms with Gasteiger partial charge in [-0.3, -0.25) is 4.98 Å². The van der Waals surface area contributed by atoms with Crippen LogP contribution in [0.4, 0.5) is 5.69 Å². The minimum Gasteiger partial charge on any atom is -0.435 e. The van der Waals surface area contributed by atoms with Crippen molar-refractivity contribution in [2.75, 3.05) is 5.73 Å². The highest BCUT2D eigenvalue weighted by Gasteiger charge is 2.09. The lowest BCUT2D eigenvalue weighted by Crippen LogP contribution is -1.93. The van der Waals surface area contributed by atoms with Gasteiger partial charge in [-0.2, -0.15) is 0 Å². The van der Waals surface area contributed by atoms with E-state index in [2.05, 4.69) is 9.97 Å². The monoisotopic (exact) mass is 271 g/mol. The van der Waals surface area contributed by atoms with Crippen molar-refractivity contribution >= 4 is 28.2 Å². The Labute approximate surface area is 114 Å². The molecule has 1 aromatic carbocycles. The van der Waals surface area contributed by atoms with E-state index in [9.17, 15) is 0 Å². The van der Waals surface area contributed by atoms with Gasteiger partial charge in [-0.05, 0) is 36.4 Å². The summed E-state index contributed by atoms with van der Waals surface area (Å²) in [6, 6.07) is 10.7. The molecule has 0 amide bonds. The molecule has 0 aliphatic carbocycles. The zero-order valence-corrected chi connectivity index (χ0v) is 10.6. The van der Waals surface area contributed by atoms with Crippen LogP contribution in [0.5, 0.6) is 11.6 Å². The van der Waals surface area contributed by atoms with Crippen LogP contribution in [0.25, 0.3) is 10.9 Å². The number of ether oxygens (including phenoxy) is 1. The van der Waals surface area contributed by atoms with Crippen molar-refractivity contribution in [3.8, 4) is 11.6 Å². The van der Waals surface area contributed by atoms with Crippen LogP contribution in [0.3, 0.4) is 0 Å². The van der Waals surface area contributed by atoms with Gasteiger partial charge in [0.15, 0.2) is 5.75 Å². The molecule has 0 bridgehead atoms. The third-order valence-corrected chi connectivity index (χ3v) is 2.99. The second-order valence-corrected chi connectivity index (χ2v) is 4.35. The number of anilines is 1. The predicted molar refractivity (Wildman–Crippen MR) is 75.5 cm³/mol. The van der Waals surface area contributed by atoms with Gasteiger partial charge >= 0.3 is 0 Å². The van der Waals surface area contributed by atoms with Crippen LogP contribution in [0.2, 0.25) is 5.02 Å². The maximum Gasteiger partial charge on any atom is 0.238 e. The van der Waals surface area contributed by atoms with Gasteiger partial charge in [0.1, 0.15) is 10.5 Å². The van der Waals surface area contributed by atoms with Crippen LogP contribution in [0, 0.1) is 0 Å². The van der Waals surface area contributed by atoms with E-state index in [4.69, 9.17) is 22.1 Å². The van der Waals surface area contributed by atoms with Gasteiger partial charge < -0.3 is 10.5 Å². The van der Waals surface area contributed by atoms with E-state index in [0.29, 0.717) is 27.9 Å². The first-order valence-electron chi connectivity index (χ1n) is 5.67. The lowest BCUT2D eigenvalue weighted by Gasteiger charge is -2.09. The van der Waals surface area contributed by atoms with Gasteiger partial charge in [0.05, 0.1) is 0 Å². The molecule has 0 fully saturated rings. The van der Waals surface area contributed by atoms with Gasteiger partial charge in [0, 0.05) is 23.5 Å². The molecule has 5 heteroatoms. The quantitative estimate of drug-likeness (QED) is 0.723. The Balaban J connectivity index is 2.12. The Morgan fingerprint density at radius 1 is 1.00 bits per heavy atom. The summed E-state index contributed by atoms with van der Waals surface area (Å²) in [5.74, 6) is 0.922. The highest BCUT2D eigenvalue weighted by atomic mass is 35.5. The van der Waals surface area contributed by atoms with E-state index in [-0.39, 0.29) is 0 Å². The SMILES string of the molecule is Nc1ccc(Oc2ncccc2Cl)c2ncccc12. The molecule has 19 heavy (non-hydrogen) atoms. The highest BCUT2D eigenvalue weighted by Crippen LogP contribution is 2.33. The normalized spacial score (nSPS) is 10.6. The van der Waals surface area contributed by atoms with Crippen molar-refractivity contribution < 1.29 is 4.74 Å². The van der Waals surface area contributed by atoms with Crippen LogP contribution >= 0.6 is 11.6 Å². The minimum atomic E-state index is 0.348. The van der Waals surface area contributed by atoms with Crippen molar-refractivity contribution in [2.24, 2.45) is 0 Å². The maximum absolute atomic E-state index is 6.02. The molecule has 0 spiro atoms. The molecule has 2 aromatic heterocycles. The van der Waals surface area contributed by atoms with Crippen molar-refractivity contribution in [3.05, 3.63) is 53.8 Å². The first kappa shape index (κ1) is 11.7. The summed E-state index contributed by atoms with van der Waals surface area (Å²) in [4.78, 5) is 8.38. The second-order valence-electron chi connectivity index (χ2n) is 3.94. The number of aromatic nitrogens is 2. The van der Waals surface area contributed by atoms with Crippen molar-refractivity contribution in [1.29, 1.82) is 0 Å². The molecular formula is C14H10ClN3O. The van der Waals surface area contributed by atoms with Crippen LogP contribution in [0.1, 0.15) is 0 Å². The topological polar surface area (TPSA) is 61.0 Å². The number of nitrogens with two attached hydrogens (primary N) is 1. The number of hydrogen-bond donors (Lipinski definition) is 1. The number of hydrogen-bond acceptors (Lipinski definition) is 4. The first-order valence-corrected chi connectivity index (χ1v) is 6.05. The Kier molecular flexibility index (Phi) is 2.93. The Morgan fingerprint density at radius 2 is 1.79 bits per heavy atom. The molecule has 0 aliphatic rings. The van der Waals surface area contributed by atoms with Gasteiger partial charge in [-0.1, -0.05) is 11.6 Å². The molecule has 0 unspecified atom stereocenters. The van der Waals surface area contributed by atoms with Crippen molar-refractivity contribution in [1.82, 2.24) is 9.97 Å². The standard InChI is InChI=1S/C14H10ClN3O/c15-10-4-2-8-18-14(10)19-12-6-5-11(16)9-3-1-7-17-13(9)12/h1-8H,16H2. The zero-order chi connectivity index (χ0) is 13.2. The van der Waals surface area contributed by atoms with Crippen LogP contribution in [-0.4, -0.2) is 9.97 Å².